The number of anilines is 2. The fourth-order valence-corrected chi connectivity index (χ4v) is 7.91. The summed E-state index contributed by atoms with van der Waals surface area (Å²) in [6.45, 7) is 4.39. The minimum absolute atomic E-state index is 0.918. The van der Waals surface area contributed by atoms with E-state index in [1.54, 1.807) is 0 Å². The number of rotatable bonds is 5. The molecule has 0 saturated heterocycles. The number of hydrogen-bond acceptors (Lipinski definition) is 2. The van der Waals surface area contributed by atoms with E-state index >= 15 is 0 Å². The Bertz CT molecular complexity index is 2470. The zero-order valence-electron chi connectivity index (χ0n) is 27.9. The summed E-state index contributed by atoms with van der Waals surface area (Å²) < 4.78 is 6.62. The molecule has 236 valence electrons. The largest absolute Gasteiger partial charge is 0.456 e. The number of nitrogens with zero attached hydrogens (tertiary/aromatic N) is 1. The van der Waals surface area contributed by atoms with Crippen LogP contribution >= 0.6 is 0 Å². The smallest absolute Gasteiger partial charge is 0.136 e. The molecule has 0 N–H and O–H groups in total. The Morgan fingerprint density at radius 3 is 2.22 bits per heavy atom. The van der Waals surface area contributed by atoms with Gasteiger partial charge in [-0.1, -0.05) is 110 Å². The summed E-state index contributed by atoms with van der Waals surface area (Å²) in [5.41, 5.74) is 13.8. The molecule has 2 heteroatoms. The zero-order valence-corrected chi connectivity index (χ0v) is 27.9. The molecule has 0 spiro atoms. The van der Waals surface area contributed by atoms with Crippen molar-refractivity contribution >= 4 is 44.6 Å². The average Bonchev–Trinajstić information content (AvgIpc) is 3.16. The fourth-order valence-electron chi connectivity index (χ4n) is 7.91. The lowest BCUT2D eigenvalue weighted by atomic mass is 9.85. The van der Waals surface area contributed by atoms with E-state index in [0.717, 1.165) is 36.3 Å². The van der Waals surface area contributed by atoms with E-state index in [1.807, 2.05) is 0 Å². The van der Waals surface area contributed by atoms with Crippen molar-refractivity contribution in [3.8, 4) is 22.6 Å². The second-order valence-electron chi connectivity index (χ2n) is 13.1. The summed E-state index contributed by atoms with van der Waals surface area (Å²) in [6.07, 6.45) is 7.54. The molecule has 0 saturated carbocycles. The van der Waals surface area contributed by atoms with E-state index in [9.17, 15) is 0 Å². The molecule has 7 aromatic rings. The van der Waals surface area contributed by atoms with Gasteiger partial charge in [-0.25, -0.2) is 0 Å². The van der Waals surface area contributed by atoms with Gasteiger partial charge in [0.2, 0.25) is 0 Å². The van der Waals surface area contributed by atoms with Gasteiger partial charge in [-0.05, 0) is 130 Å². The molecule has 2 nitrogen and oxygen atoms in total. The quantitative estimate of drug-likeness (QED) is 0.187. The Labute approximate surface area is 288 Å². The number of para-hydroxylation sites is 1. The molecule has 7 aromatic carbocycles. The van der Waals surface area contributed by atoms with Crippen molar-refractivity contribution in [2.24, 2.45) is 0 Å². The number of allylic oxidation sites excluding steroid dienone is 2. The van der Waals surface area contributed by atoms with Gasteiger partial charge in [-0.2, -0.15) is 0 Å². The van der Waals surface area contributed by atoms with Gasteiger partial charge < -0.3 is 9.64 Å². The van der Waals surface area contributed by atoms with Gasteiger partial charge in [0.1, 0.15) is 11.5 Å². The van der Waals surface area contributed by atoms with Crippen molar-refractivity contribution in [2.45, 2.75) is 33.1 Å². The fraction of sp³-hybridized carbons (Fsp3) is 0.106. The SMILES string of the molecule is C/C=C1/c2cc(-c3ccc4c(c3)CCC(N(c3ccccc3)c3ccc5ccccc5c3)=C4)ccc2Oc2cc3ccccc3c(CC)c21. The third kappa shape index (κ3) is 5.03. The Balaban J connectivity index is 1.08. The monoisotopic (exact) mass is 631 g/mol. The van der Waals surface area contributed by atoms with Gasteiger partial charge in [-0.15, -0.1) is 0 Å². The molecule has 1 aliphatic carbocycles. The Kier molecular flexibility index (Phi) is 7.16. The van der Waals surface area contributed by atoms with Gasteiger partial charge in [0, 0.05) is 28.2 Å². The predicted molar refractivity (Wildman–Crippen MR) is 207 cm³/mol. The van der Waals surface area contributed by atoms with Crippen LogP contribution in [0.25, 0.3) is 44.3 Å². The van der Waals surface area contributed by atoms with Crippen molar-refractivity contribution in [1.82, 2.24) is 0 Å². The summed E-state index contributed by atoms with van der Waals surface area (Å²) in [4.78, 5) is 2.43. The van der Waals surface area contributed by atoms with Gasteiger partial charge in [0.05, 0.1) is 0 Å². The van der Waals surface area contributed by atoms with Crippen LogP contribution in [-0.4, -0.2) is 0 Å². The molecule has 0 unspecified atom stereocenters. The highest BCUT2D eigenvalue weighted by atomic mass is 16.5. The maximum Gasteiger partial charge on any atom is 0.136 e. The minimum atomic E-state index is 0.918. The predicted octanol–water partition coefficient (Wildman–Crippen LogP) is 12.9. The first-order chi connectivity index (χ1) is 24.2. The summed E-state index contributed by atoms with van der Waals surface area (Å²) >= 11 is 0. The Morgan fingerprint density at radius 2 is 1.39 bits per heavy atom. The first-order valence-electron chi connectivity index (χ1n) is 17.4. The van der Waals surface area contributed by atoms with Gasteiger partial charge >= 0.3 is 0 Å². The molecule has 2 aliphatic rings. The number of hydrogen-bond donors (Lipinski definition) is 0. The normalized spacial score (nSPS) is 14.2. The van der Waals surface area contributed by atoms with E-state index in [-0.39, 0.29) is 0 Å². The average molecular weight is 632 g/mol. The molecule has 0 atom stereocenters. The van der Waals surface area contributed by atoms with E-state index in [2.05, 4.69) is 170 Å². The van der Waals surface area contributed by atoms with Crippen LogP contribution in [0, 0.1) is 0 Å². The van der Waals surface area contributed by atoms with E-state index < -0.39 is 0 Å². The highest BCUT2D eigenvalue weighted by Gasteiger charge is 2.26. The molecule has 9 rings (SSSR count). The number of ether oxygens (including phenoxy) is 1. The van der Waals surface area contributed by atoms with E-state index in [4.69, 9.17) is 4.74 Å². The Hall–Kier alpha value is -5.86. The molecular formula is C47H37NO. The molecule has 1 heterocycles. The lowest BCUT2D eigenvalue weighted by Gasteiger charge is -2.31. The standard InChI is InChI=1S/C47H37NO/c1-3-41-43-17-11-10-14-37(43)30-46-47(41)42(4-2)44-29-36(22-25-45(44)49-46)33-18-19-35-28-40(24-21-34(35)26-33)48(38-15-6-5-7-16-38)39-23-20-31-12-8-9-13-32(31)27-39/h4-20,22-23,25-30H,3,21,24H2,1-2H3/b42-4-. The Morgan fingerprint density at radius 1 is 0.633 bits per heavy atom. The van der Waals surface area contributed by atoms with Crippen LogP contribution in [0.5, 0.6) is 11.5 Å². The lowest BCUT2D eigenvalue weighted by Crippen LogP contribution is -2.19. The number of benzene rings is 7. The molecular weight excluding hydrogens is 595 g/mol. The molecule has 0 aromatic heterocycles. The van der Waals surface area contributed by atoms with E-state index in [0.29, 0.717) is 0 Å². The highest BCUT2D eigenvalue weighted by molar-refractivity contribution is 5.99. The summed E-state index contributed by atoms with van der Waals surface area (Å²) in [7, 11) is 0. The van der Waals surface area contributed by atoms with Crippen LogP contribution in [0.1, 0.15) is 48.1 Å². The first kappa shape index (κ1) is 29.3. The van der Waals surface area contributed by atoms with Crippen molar-refractivity contribution in [3.05, 3.63) is 179 Å². The van der Waals surface area contributed by atoms with Crippen molar-refractivity contribution < 1.29 is 4.74 Å². The summed E-state index contributed by atoms with van der Waals surface area (Å²) in [5.74, 6) is 1.87. The van der Waals surface area contributed by atoms with Crippen molar-refractivity contribution in [1.29, 1.82) is 0 Å². The van der Waals surface area contributed by atoms with Crippen LogP contribution in [0.15, 0.2) is 151 Å². The lowest BCUT2D eigenvalue weighted by molar-refractivity contribution is 0.474. The second kappa shape index (κ2) is 12.0. The molecule has 0 radical (unpaired) electrons. The van der Waals surface area contributed by atoms with Crippen LogP contribution in [0.3, 0.4) is 0 Å². The second-order valence-corrected chi connectivity index (χ2v) is 13.1. The minimum Gasteiger partial charge on any atom is -0.456 e. The topological polar surface area (TPSA) is 12.5 Å². The van der Waals surface area contributed by atoms with Crippen molar-refractivity contribution in [2.75, 3.05) is 4.90 Å². The summed E-state index contributed by atoms with van der Waals surface area (Å²) in [5, 5.41) is 5.04. The zero-order chi connectivity index (χ0) is 32.9. The molecule has 1 aliphatic heterocycles. The maximum absolute atomic E-state index is 6.62. The van der Waals surface area contributed by atoms with Gasteiger partial charge in [0.15, 0.2) is 0 Å². The molecule has 49 heavy (non-hydrogen) atoms. The van der Waals surface area contributed by atoms with E-state index in [1.165, 1.54) is 77.6 Å². The van der Waals surface area contributed by atoms with Crippen LogP contribution < -0.4 is 9.64 Å². The van der Waals surface area contributed by atoms with Gasteiger partial charge in [0.25, 0.3) is 0 Å². The van der Waals surface area contributed by atoms with Crippen molar-refractivity contribution in [3.63, 3.8) is 0 Å². The first-order valence-corrected chi connectivity index (χ1v) is 17.4. The molecule has 0 bridgehead atoms. The van der Waals surface area contributed by atoms with Crippen LogP contribution in [0.4, 0.5) is 11.4 Å². The third-order valence-corrected chi connectivity index (χ3v) is 10.3. The van der Waals surface area contributed by atoms with Crippen LogP contribution in [-0.2, 0) is 12.8 Å². The summed E-state index contributed by atoms with van der Waals surface area (Å²) in [6, 6.07) is 50.7. The molecule has 0 amide bonds. The number of fused-ring (bicyclic) bond motifs is 5. The van der Waals surface area contributed by atoms with Crippen LogP contribution in [0.2, 0.25) is 0 Å². The third-order valence-electron chi connectivity index (χ3n) is 10.3. The molecule has 0 fully saturated rings. The number of aryl methyl sites for hydroxylation is 2. The maximum atomic E-state index is 6.62. The van der Waals surface area contributed by atoms with Gasteiger partial charge in [-0.3, -0.25) is 0 Å². The highest BCUT2D eigenvalue weighted by Crippen LogP contribution is 2.49.